The van der Waals surface area contributed by atoms with E-state index in [1.54, 1.807) is 0 Å². The fraction of sp³-hybridized carbons (Fsp3) is 0.143. The van der Waals surface area contributed by atoms with Crippen LogP contribution in [0.5, 0.6) is 5.75 Å². The molecule has 2 rings (SSSR count). The zero-order valence-corrected chi connectivity index (χ0v) is 12.0. The molecule has 0 radical (unpaired) electrons. The molecule has 1 aromatic heterocycles. The number of Topliss-reactive ketones (excluding diaryl/α,β-unsaturated/α-hetero) is 1. The molecule has 23 heavy (non-hydrogen) atoms. The summed E-state index contributed by atoms with van der Waals surface area (Å²) in [5, 5.41) is 9.28. The zero-order valence-electron chi connectivity index (χ0n) is 12.0. The number of ether oxygens (including phenoxy) is 1. The predicted octanol–water partition coefficient (Wildman–Crippen LogP) is -0.599. The number of aromatic amines is 1. The molecule has 1 heterocycles. The Labute approximate surface area is 128 Å². The van der Waals surface area contributed by atoms with Crippen molar-refractivity contribution in [3.63, 3.8) is 0 Å². The molecule has 0 saturated heterocycles. The third-order valence-corrected chi connectivity index (χ3v) is 3.06. The van der Waals surface area contributed by atoms with Gasteiger partial charge in [-0.3, -0.25) is 19.1 Å². The average molecular weight is 319 g/mol. The highest BCUT2D eigenvalue weighted by molar-refractivity contribution is 6.02. The van der Waals surface area contributed by atoms with E-state index in [1.807, 2.05) is 4.98 Å². The topological polar surface area (TPSA) is 144 Å². The van der Waals surface area contributed by atoms with Crippen molar-refractivity contribution in [2.75, 3.05) is 12.3 Å². The van der Waals surface area contributed by atoms with E-state index >= 15 is 0 Å². The zero-order chi connectivity index (χ0) is 17.1. The van der Waals surface area contributed by atoms with Crippen LogP contribution in [0, 0.1) is 0 Å². The maximum Gasteiger partial charge on any atom is 0.338 e. The van der Waals surface area contributed by atoms with Crippen molar-refractivity contribution in [3.05, 3.63) is 56.2 Å². The van der Waals surface area contributed by atoms with Gasteiger partial charge in [-0.05, 0) is 18.2 Å². The van der Waals surface area contributed by atoms with Crippen molar-refractivity contribution in [2.24, 2.45) is 7.05 Å². The summed E-state index contributed by atoms with van der Waals surface area (Å²) in [6, 6.07) is 5.36. The average Bonchev–Trinajstić information content (AvgIpc) is 2.50. The van der Waals surface area contributed by atoms with Gasteiger partial charge < -0.3 is 15.6 Å². The van der Waals surface area contributed by atoms with Crippen LogP contribution >= 0.6 is 0 Å². The lowest BCUT2D eigenvalue weighted by Gasteiger charge is -2.08. The molecule has 0 aliphatic rings. The number of benzene rings is 1. The number of aromatic nitrogens is 2. The number of nitrogen functional groups attached to an aromatic ring is 1. The van der Waals surface area contributed by atoms with Crippen LogP contribution in [0.4, 0.5) is 5.82 Å². The van der Waals surface area contributed by atoms with Crippen molar-refractivity contribution in [1.29, 1.82) is 0 Å². The van der Waals surface area contributed by atoms with Gasteiger partial charge in [-0.15, -0.1) is 0 Å². The number of nitrogens with zero attached hydrogens (tertiary/aromatic N) is 1. The van der Waals surface area contributed by atoms with Gasteiger partial charge in [-0.25, -0.2) is 9.59 Å². The lowest BCUT2D eigenvalue weighted by molar-refractivity contribution is 0.0474. The highest BCUT2D eigenvalue weighted by Crippen LogP contribution is 2.12. The van der Waals surface area contributed by atoms with Crippen LogP contribution in [0.25, 0.3) is 0 Å². The first-order valence-electron chi connectivity index (χ1n) is 6.39. The summed E-state index contributed by atoms with van der Waals surface area (Å²) in [5.41, 5.74) is 3.43. The molecule has 0 atom stereocenters. The molecule has 9 heteroatoms. The lowest BCUT2D eigenvalue weighted by atomic mass is 10.2. The second-order valence-corrected chi connectivity index (χ2v) is 4.63. The first-order valence-corrected chi connectivity index (χ1v) is 6.39. The van der Waals surface area contributed by atoms with Crippen LogP contribution < -0.4 is 17.0 Å². The van der Waals surface area contributed by atoms with Gasteiger partial charge in [0, 0.05) is 7.05 Å². The number of nitrogens with two attached hydrogens (primary N) is 1. The van der Waals surface area contributed by atoms with Gasteiger partial charge in [0.05, 0.1) is 5.56 Å². The maximum absolute atomic E-state index is 12.0. The molecule has 0 saturated carbocycles. The smallest absolute Gasteiger partial charge is 0.338 e. The molecule has 1 aromatic carbocycles. The van der Waals surface area contributed by atoms with Crippen LogP contribution in [-0.4, -0.2) is 33.0 Å². The quantitative estimate of drug-likeness (QED) is 0.504. The third-order valence-electron chi connectivity index (χ3n) is 3.06. The van der Waals surface area contributed by atoms with Gasteiger partial charge >= 0.3 is 11.7 Å². The standard InChI is InChI=1S/C14H13N3O6/c1-17-11(15)10(12(20)16-14(17)22)9(19)6-23-13(21)7-3-2-4-8(18)5-7/h2-5,18H,6,15H2,1H3,(H,16,20,22). The molecule has 0 bridgehead atoms. The normalized spacial score (nSPS) is 10.3. The Morgan fingerprint density at radius 1 is 1.35 bits per heavy atom. The summed E-state index contributed by atoms with van der Waals surface area (Å²) < 4.78 is 5.68. The molecule has 0 aliphatic heterocycles. The Morgan fingerprint density at radius 2 is 2.04 bits per heavy atom. The summed E-state index contributed by atoms with van der Waals surface area (Å²) in [7, 11) is 1.28. The number of hydrogen-bond donors (Lipinski definition) is 3. The number of ketones is 1. The first kappa shape index (κ1) is 16.0. The van der Waals surface area contributed by atoms with Gasteiger partial charge in [0.2, 0.25) is 5.78 Å². The molecule has 9 nitrogen and oxygen atoms in total. The summed E-state index contributed by atoms with van der Waals surface area (Å²) in [6.07, 6.45) is 0. The van der Waals surface area contributed by atoms with Crippen molar-refractivity contribution in [2.45, 2.75) is 0 Å². The SMILES string of the molecule is Cn1c(N)c(C(=O)COC(=O)c2cccc(O)c2)c(=O)[nH]c1=O. The van der Waals surface area contributed by atoms with Gasteiger partial charge in [-0.1, -0.05) is 6.07 Å². The van der Waals surface area contributed by atoms with Crippen molar-refractivity contribution in [3.8, 4) is 5.75 Å². The van der Waals surface area contributed by atoms with E-state index < -0.39 is 35.2 Å². The Bertz CT molecular complexity index is 896. The number of nitrogens with one attached hydrogen (secondary N) is 1. The number of phenolic OH excluding ortho intramolecular Hbond substituents is 1. The van der Waals surface area contributed by atoms with Crippen LogP contribution in [0.15, 0.2) is 33.9 Å². The largest absolute Gasteiger partial charge is 0.508 e. The number of carbonyl (C=O) groups excluding carboxylic acids is 2. The minimum atomic E-state index is -0.955. The fourth-order valence-corrected chi connectivity index (χ4v) is 1.83. The Hall–Kier alpha value is -3.36. The molecule has 0 unspecified atom stereocenters. The van der Waals surface area contributed by atoms with Gasteiger partial charge in [0.15, 0.2) is 6.61 Å². The predicted molar refractivity (Wildman–Crippen MR) is 79.4 cm³/mol. The Balaban J connectivity index is 2.18. The Kier molecular flexibility index (Phi) is 4.30. The Morgan fingerprint density at radius 3 is 2.70 bits per heavy atom. The third kappa shape index (κ3) is 3.28. The highest BCUT2D eigenvalue weighted by Gasteiger charge is 2.20. The van der Waals surface area contributed by atoms with E-state index in [4.69, 9.17) is 10.5 Å². The minimum Gasteiger partial charge on any atom is -0.508 e. The molecule has 2 aromatic rings. The van der Waals surface area contributed by atoms with Crippen molar-refractivity contribution in [1.82, 2.24) is 9.55 Å². The van der Waals surface area contributed by atoms with E-state index in [9.17, 15) is 24.3 Å². The molecule has 120 valence electrons. The highest BCUT2D eigenvalue weighted by atomic mass is 16.5. The number of aromatic hydroxyl groups is 1. The lowest BCUT2D eigenvalue weighted by Crippen LogP contribution is -2.35. The number of H-pyrrole nitrogens is 1. The maximum atomic E-state index is 12.0. The van der Waals surface area contributed by atoms with Gasteiger partial charge in [0.1, 0.15) is 17.1 Å². The van der Waals surface area contributed by atoms with Crippen LogP contribution in [0.1, 0.15) is 20.7 Å². The van der Waals surface area contributed by atoms with Crippen molar-refractivity contribution < 1.29 is 19.4 Å². The van der Waals surface area contributed by atoms with E-state index in [-0.39, 0.29) is 17.1 Å². The molecular weight excluding hydrogens is 306 g/mol. The van der Waals surface area contributed by atoms with Crippen LogP contribution in [0.3, 0.4) is 0 Å². The summed E-state index contributed by atoms with van der Waals surface area (Å²) in [5.74, 6) is -2.16. The van der Waals surface area contributed by atoms with Crippen molar-refractivity contribution >= 4 is 17.6 Å². The number of hydrogen-bond acceptors (Lipinski definition) is 7. The van der Waals surface area contributed by atoms with E-state index in [0.29, 0.717) is 0 Å². The van der Waals surface area contributed by atoms with Crippen LogP contribution in [0.2, 0.25) is 0 Å². The summed E-state index contributed by atoms with van der Waals surface area (Å²) in [6.45, 7) is -0.736. The van der Waals surface area contributed by atoms with E-state index in [1.165, 1.54) is 31.3 Å². The van der Waals surface area contributed by atoms with Crippen LogP contribution in [-0.2, 0) is 11.8 Å². The van der Waals surface area contributed by atoms with Gasteiger partial charge in [-0.2, -0.15) is 0 Å². The number of phenols is 1. The molecule has 0 amide bonds. The molecule has 0 fully saturated rings. The minimum absolute atomic E-state index is 0.0418. The first-order chi connectivity index (χ1) is 10.8. The second-order valence-electron chi connectivity index (χ2n) is 4.63. The molecule has 0 aliphatic carbocycles. The molecule has 4 N–H and O–H groups in total. The van der Waals surface area contributed by atoms with E-state index in [0.717, 1.165) is 4.57 Å². The fourth-order valence-electron chi connectivity index (χ4n) is 1.83. The van der Waals surface area contributed by atoms with Gasteiger partial charge in [0.25, 0.3) is 5.56 Å². The number of carbonyl (C=O) groups is 2. The second kappa shape index (κ2) is 6.18. The van der Waals surface area contributed by atoms with E-state index in [2.05, 4.69) is 0 Å². The monoisotopic (exact) mass is 319 g/mol. The molecular formula is C14H13N3O6. The molecule has 0 spiro atoms. The number of esters is 1. The number of anilines is 1. The summed E-state index contributed by atoms with van der Waals surface area (Å²) >= 11 is 0. The summed E-state index contributed by atoms with van der Waals surface area (Å²) in [4.78, 5) is 48.7. The number of rotatable bonds is 4.